The molecule has 0 aliphatic rings. The summed E-state index contributed by atoms with van der Waals surface area (Å²) >= 11 is 15.0. The minimum Gasteiger partial charge on any atom is -0.294 e. The fraction of sp³-hybridized carbons (Fsp3) is 0.0769. The molecule has 0 aliphatic carbocycles. The van der Waals surface area contributed by atoms with Gasteiger partial charge >= 0.3 is 0 Å². The molecule has 1 aromatic carbocycles. The van der Waals surface area contributed by atoms with E-state index in [0.717, 1.165) is 4.47 Å². The average Bonchev–Trinajstić information content (AvgIpc) is 2.31. The van der Waals surface area contributed by atoms with Gasteiger partial charge in [-0.1, -0.05) is 23.2 Å². The van der Waals surface area contributed by atoms with Gasteiger partial charge in [0.25, 0.3) is 0 Å². The zero-order valence-electron chi connectivity index (χ0n) is 9.16. The summed E-state index contributed by atoms with van der Waals surface area (Å²) < 4.78 is 0.879. The molecular weight excluding hydrogens is 337 g/mol. The highest BCUT2D eigenvalue weighted by Crippen LogP contribution is 2.20. The van der Waals surface area contributed by atoms with Gasteiger partial charge in [-0.05, 0) is 46.3 Å². The molecule has 2 nitrogen and oxygen atoms in total. The average molecular weight is 345 g/mol. The highest BCUT2D eigenvalue weighted by atomic mass is 79.9. The summed E-state index contributed by atoms with van der Waals surface area (Å²) in [5.41, 5.74) is 1.21. The molecule has 5 heteroatoms. The van der Waals surface area contributed by atoms with Crippen LogP contribution < -0.4 is 0 Å². The molecule has 0 aliphatic heterocycles. The van der Waals surface area contributed by atoms with E-state index in [2.05, 4.69) is 20.9 Å². The molecule has 2 rings (SSSR count). The minimum atomic E-state index is -0.0609. The molecule has 18 heavy (non-hydrogen) atoms. The Kier molecular flexibility index (Phi) is 4.38. The van der Waals surface area contributed by atoms with Gasteiger partial charge in [0, 0.05) is 32.0 Å². The maximum Gasteiger partial charge on any atom is 0.168 e. The Labute approximate surface area is 123 Å². The molecule has 0 N–H and O–H groups in total. The lowest BCUT2D eigenvalue weighted by molar-refractivity contribution is 0.0992. The Balaban J connectivity index is 2.19. The van der Waals surface area contributed by atoms with Crippen molar-refractivity contribution < 1.29 is 4.79 Å². The standard InChI is InChI=1S/C13H8BrCl2NO/c14-9-1-2-12(17-7-9)6-13(18)8-3-10(15)5-11(16)4-8/h1-5,7H,6H2. The summed E-state index contributed by atoms with van der Waals surface area (Å²) in [7, 11) is 0. The van der Waals surface area contributed by atoms with Crippen molar-refractivity contribution in [3.05, 3.63) is 62.3 Å². The smallest absolute Gasteiger partial charge is 0.168 e. The highest BCUT2D eigenvalue weighted by molar-refractivity contribution is 9.10. The predicted octanol–water partition coefficient (Wildman–Crippen LogP) is 4.58. The van der Waals surface area contributed by atoms with E-state index < -0.39 is 0 Å². The van der Waals surface area contributed by atoms with Gasteiger partial charge in [-0.2, -0.15) is 0 Å². The van der Waals surface area contributed by atoms with Crippen LogP contribution in [0.5, 0.6) is 0 Å². The second-order valence-electron chi connectivity index (χ2n) is 3.73. The number of hydrogen-bond donors (Lipinski definition) is 0. The first kappa shape index (κ1) is 13.5. The molecule has 0 bridgehead atoms. The topological polar surface area (TPSA) is 30.0 Å². The molecule has 0 amide bonds. The first-order valence-electron chi connectivity index (χ1n) is 5.14. The van der Waals surface area contributed by atoms with Crippen LogP contribution in [0.4, 0.5) is 0 Å². The minimum absolute atomic E-state index is 0.0609. The maximum absolute atomic E-state index is 12.0. The van der Waals surface area contributed by atoms with Crippen molar-refractivity contribution in [2.24, 2.45) is 0 Å². The van der Waals surface area contributed by atoms with Crippen LogP contribution in [0, 0.1) is 0 Å². The fourth-order valence-corrected chi connectivity index (χ4v) is 2.25. The molecule has 0 fully saturated rings. The molecule has 0 unspecified atom stereocenters. The van der Waals surface area contributed by atoms with E-state index in [4.69, 9.17) is 23.2 Å². The second kappa shape index (κ2) is 5.83. The zero-order valence-corrected chi connectivity index (χ0v) is 12.3. The molecule has 1 heterocycles. The van der Waals surface area contributed by atoms with Crippen molar-refractivity contribution in [2.75, 3.05) is 0 Å². The molecule has 0 spiro atoms. The third kappa shape index (κ3) is 3.55. The fourth-order valence-electron chi connectivity index (χ4n) is 1.49. The number of rotatable bonds is 3. The lowest BCUT2D eigenvalue weighted by atomic mass is 10.1. The number of pyridine rings is 1. The van der Waals surface area contributed by atoms with Crippen LogP contribution in [0.1, 0.15) is 16.1 Å². The lowest BCUT2D eigenvalue weighted by Crippen LogP contribution is -2.05. The van der Waals surface area contributed by atoms with Gasteiger partial charge in [0.2, 0.25) is 0 Å². The summed E-state index contributed by atoms with van der Waals surface area (Å²) in [6.07, 6.45) is 1.89. The van der Waals surface area contributed by atoms with Crippen molar-refractivity contribution in [1.29, 1.82) is 0 Å². The maximum atomic E-state index is 12.0. The number of halogens is 3. The van der Waals surface area contributed by atoms with Crippen molar-refractivity contribution >= 4 is 44.9 Å². The zero-order chi connectivity index (χ0) is 13.1. The summed E-state index contributed by atoms with van der Waals surface area (Å²) in [6.45, 7) is 0. The second-order valence-corrected chi connectivity index (χ2v) is 5.51. The molecule has 92 valence electrons. The Morgan fingerprint density at radius 2 is 1.83 bits per heavy atom. The van der Waals surface area contributed by atoms with Gasteiger partial charge in [0.15, 0.2) is 5.78 Å². The molecule has 2 aromatic rings. The number of benzene rings is 1. The number of carbonyl (C=O) groups excluding carboxylic acids is 1. The number of carbonyl (C=O) groups is 1. The summed E-state index contributed by atoms with van der Waals surface area (Å²) in [6, 6.07) is 8.45. The van der Waals surface area contributed by atoms with E-state index in [1.54, 1.807) is 30.5 Å². The van der Waals surface area contributed by atoms with Gasteiger partial charge in [0.1, 0.15) is 0 Å². The lowest BCUT2D eigenvalue weighted by Gasteiger charge is -2.03. The van der Waals surface area contributed by atoms with Gasteiger partial charge < -0.3 is 0 Å². The quantitative estimate of drug-likeness (QED) is 0.763. The Morgan fingerprint density at radius 1 is 1.17 bits per heavy atom. The first-order valence-corrected chi connectivity index (χ1v) is 6.69. The van der Waals surface area contributed by atoms with Crippen LogP contribution in [0.2, 0.25) is 10.0 Å². The van der Waals surface area contributed by atoms with Gasteiger partial charge in [0.05, 0.1) is 6.42 Å². The van der Waals surface area contributed by atoms with E-state index in [0.29, 0.717) is 21.3 Å². The number of Topliss-reactive ketones (excluding diaryl/α,β-unsaturated/α-hetero) is 1. The van der Waals surface area contributed by atoms with Gasteiger partial charge in [-0.25, -0.2) is 0 Å². The van der Waals surface area contributed by atoms with E-state index in [1.165, 1.54) is 0 Å². The van der Waals surface area contributed by atoms with Crippen LogP contribution in [0.25, 0.3) is 0 Å². The Bertz CT molecular complexity index is 564. The third-order valence-electron chi connectivity index (χ3n) is 2.31. The Hall–Kier alpha value is -0.900. The van der Waals surface area contributed by atoms with Crippen molar-refractivity contribution in [3.63, 3.8) is 0 Å². The van der Waals surface area contributed by atoms with Crippen LogP contribution in [-0.2, 0) is 6.42 Å². The number of ketones is 1. The highest BCUT2D eigenvalue weighted by Gasteiger charge is 2.09. The Morgan fingerprint density at radius 3 is 2.39 bits per heavy atom. The van der Waals surface area contributed by atoms with Crippen molar-refractivity contribution in [1.82, 2.24) is 4.98 Å². The number of aromatic nitrogens is 1. The molecule has 0 radical (unpaired) electrons. The SMILES string of the molecule is O=C(Cc1ccc(Br)cn1)c1cc(Cl)cc(Cl)c1. The summed E-state index contributed by atoms with van der Waals surface area (Å²) in [5, 5.41) is 0.907. The number of nitrogens with zero attached hydrogens (tertiary/aromatic N) is 1. The molecule has 0 saturated carbocycles. The van der Waals surface area contributed by atoms with Crippen LogP contribution >= 0.6 is 39.1 Å². The van der Waals surface area contributed by atoms with Gasteiger partial charge in [-0.15, -0.1) is 0 Å². The van der Waals surface area contributed by atoms with Gasteiger partial charge in [-0.3, -0.25) is 9.78 Å². The molecular formula is C13H8BrCl2NO. The molecule has 0 saturated heterocycles. The normalized spacial score (nSPS) is 10.4. The van der Waals surface area contributed by atoms with E-state index in [9.17, 15) is 4.79 Å². The molecule has 1 aromatic heterocycles. The first-order chi connectivity index (χ1) is 8.54. The largest absolute Gasteiger partial charge is 0.294 e. The van der Waals surface area contributed by atoms with Crippen molar-refractivity contribution in [2.45, 2.75) is 6.42 Å². The number of hydrogen-bond acceptors (Lipinski definition) is 2. The van der Waals surface area contributed by atoms with E-state index in [-0.39, 0.29) is 12.2 Å². The molecule has 0 atom stereocenters. The summed E-state index contributed by atoms with van der Waals surface area (Å²) in [5.74, 6) is -0.0609. The van der Waals surface area contributed by atoms with Crippen LogP contribution in [0.15, 0.2) is 41.0 Å². The van der Waals surface area contributed by atoms with Crippen molar-refractivity contribution in [3.8, 4) is 0 Å². The summed E-state index contributed by atoms with van der Waals surface area (Å²) in [4.78, 5) is 16.2. The van der Waals surface area contributed by atoms with Crippen LogP contribution in [-0.4, -0.2) is 10.8 Å². The third-order valence-corrected chi connectivity index (χ3v) is 3.22. The van der Waals surface area contributed by atoms with Crippen LogP contribution in [0.3, 0.4) is 0 Å². The predicted molar refractivity (Wildman–Crippen MR) is 76.4 cm³/mol. The monoisotopic (exact) mass is 343 g/mol. The van der Waals surface area contributed by atoms with E-state index >= 15 is 0 Å². The van der Waals surface area contributed by atoms with E-state index in [1.807, 2.05) is 6.07 Å².